The third-order valence-electron chi connectivity index (χ3n) is 5.38. The molecule has 1 amide bonds. The first kappa shape index (κ1) is 22.1. The Balaban J connectivity index is 1.91. The molecule has 1 atom stereocenters. The number of carbonyl (C=O) groups excluding carboxylic acids is 2. The van der Waals surface area contributed by atoms with E-state index in [4.69, 9.17) is 9.47 Å². The molecule has 0 radical (unpaired) electrons. The fourth-order valence-electron chi connectivity index (χ4n) is 3.88. The van der Waals surface area contributed by atoms with Gasteiger partial charge in [0, 0.05) is 11.3 Å². The maximum absolute atomic E-state index is 14.0. The standard InChI is InChI=1S/C26H22FNO5/c1-3-33-20-12-10-16(11-13-20)24(29)22-23(17-6-4-9-21(14-17)32-2)28(26(31)25(22)30)19-8-5-7-18(27)15-19/h4-15,23,29H,3H2,1-2H3/b24-22+. The molecule has 1 N–H and O–H groups in total. The lowest BCUT2D eigenvalue weighted by atomic mass is 9.95. The average molecular weight is 447 g/mol. The van der Waals surface area contributed by atoms with Crippen molar-refractivity contribution in [2.75, 3.05) is 18.6 Å². The van der Waals surface area contributed by atoms with Crippen LogP contribution >= 0.6 is 0 Å². The van der Waals surface area contributed by atoms with Crippen molar-refractivity contribution in [3.63, 3.8) is 0 Å². The Labute approximate surface area is 190 Å². The second-order valence-electron chi connectivity index (χ2n) is 7.38. The zero-order chi connectivity index (χ0) is 23.5. The second kappa shape index (κ2) is 9.16. The molecule has 7 heteroatoms. The number of nitrogens with zero attached hydrogens (tertiary/aromatic N) is 1. The molecule has 4 rings (SSSR count). The Morgan fingerprint density at radius 3 is 2.39 bits per heavy atom. The number of hydrogen-bond acceptors (Lipinski definition) is 5. The van der Waals surface area contributed by atoms with Crippen LogP contribution in [0.15, 0.2) is 78.4 Å². The van der Waals surface area contributed by atoms with Crippen LogP contribution in [0.1, 0.15) is 24.1 Å². The molecular weight excluding hydrogens is 425 g/mol. The van der Waals surface area contributed by atoms with E-state index in [9.17, 15) is 19.1 Å². The third-order valence-corrected chi connectivity index (χ3v) is 5.38. The van der Waals surface area contributed by atoms with Gasteiger partial charge >= 0.3 is 0 Å². The van der Waals surface area contributed by atoms with Crippen molar-refractivity contribution in [3.8, 4) is 11.5 Å². The fraction of sp³-hybridized carbons (Fsp3) is 0.154. The number of Topliss-reactive ketones (excluding diaryl/α,β-unsaturated/α-hetero) is 1. The average Bonchev–Trinajstić information content (AvgIpc) is 3.10. The molecule has 3 aromatic rings. The van der Waals surface area contributed by atoms with Gasteiger partial charge in [0.25, 0.3) is 11.7 Å². The topological polar surface area (TPSA) is 76.1 Å². The molecule has 0 aromatic heterocycles. The van der Waals surface area contributed by atoms with Crippen LogP contribution in [0.5, 0.6) is 11.5 Å². The van der Waals surface area contributed by atoms with Crippen molar-refractivity contribution >= 4 is 23.1 Å². The van der Waals surface area contributed by atoms with Crippen LogP contribution in [0.2, 0.25) is 0 Å². The molecule has 3 aromatic carbocycles. The van der Waals surface area contributed by atoms with Gasteiger partial charge in [0.2, 0.25) is 0 Å². The Kier molecular flexibility index (Phi) is 6.13. The van der Waals surface area contributed by atoms with Crippen LogP contribution in [-0.2, 0) is 9.59 Å². The maximum Gasteiger partial charge on any atom is 0.300 e. The maximum atomic E-state index is 14.0. The van der Waals surface area contributed by atoms with Crippen LogP contribution in [0.3, 0.4) is 0 Å². The highest BCUT2D eigenvalue weighted by atomic mass is 19.1. The SMILES string of the molecule is CCOc1ccc(/C(O)=C2\C(=O)C(=O)N(c3cccc(F)c3)C2c2cccc(OC)c2)cc1. The van der Waals surface area contributed by atoms with Crippen molar-refractivity contribution in [1.82, 2.24) is 0 Å². The molecule has 0 spiro atoms. The van der Waals surface area contributed by atoms with E-state index in [0.29, 0.717) is 29.2 Å². The van der Waals surface area contributed by atoms with Gasteiger partial charge in [0.05, 0.1) is 25.3 Å². The molecule has 6 nitrogen and oxygen atoms in total. The number of carbonyl (C=O) groups is 2. The highest BCUT2D eigenvalue weighted by molar-refractivity contribution is 6.51. The lowest BCUT2D eigenvalue weighted by Crippen LogP contribution is -2.29. The van der Waals surface area contributed by atoms with Gasteiger partial charge in [-0.2, -0.15) is 0 Å². The number of methoxy groups -OCH3 is 1. The summed E-state index contributed by atoms with van der Waals surface area (Å²) in [7, 11) is 1.50. The predicted octanol–water partition coefficient (Wildman–Crippen LogP) is 4.86. The Morgan fingerprint density at radius 2 is 1.73 bits per heavy atom. The molecule has 168 valence electrons. The summed E-state index contributed by atoms with van der Waals surface area (Å²) in [6, 6.07) is 17.8. The zero-order valence-corrected chi connectivity index (χ0v) is 18.1. The van der Waals surface area contributed by atoms with Crippen LogP contribution < -0.4 is 14.4 Å². The molecule has 1 aliphatic heterocycles. The first-order valence-corrected chi connectivity index (χ1v) is 10.4. The van der Waals surface area contributed by atoms with E-state index in [-0.39, 0.29) is 17.0 Å². The first-order valence-electron chi connectivity index (χ1n) is 10.4. The number of amides is 1. The summed E-state index contributed by atoms with van der Waals surface area (Å²) in [5, 5.41) is 11.1. The van der Waals surface area contributed by atoms with Crippen molar-refractivity contribution in [2.45, 2.75) is 13.0 Å². The van der Waals surface area contributed by atoms with Gasteiger partial charge in [0.15, 0.2) is 0 Å². The molecular formula is C26H22FNO5. The number of hydrogen-bond donors (Lipinski definition) is 1. The fourth-order valence-corrected chi connectivity index (χ4v) is 3.88. The number of halogens is 1. The molecule has 1 fully saturated rings. The quantitative estimate of drug-likeness (QED) is 0.332. The van der Waals surface area contributed by atoms with Crippen LogP contribution in [0, 0.1) is 5.82 Å². The third kappa shape index (κ3) is 4.17. The van der Waals surface area contributed by atoms with Crippen LogP contribution in [-0.4, -0.2) is 30.5 Å². The lowest BCUT2D eigenvalue weighted by Gasteiger charge is -2.25. The highest BCUT2D eigenvalue weighted by Gasteiger charge is 2.47. The minimum absolute atomic E-state index is 0.0957. The number of anilines is 1. The van der Waals surface area contributed by atoms with E-state index < -0.39 is 23.5 Å². The number of benzene rings is 3. The number of rotatable bonds is 6. The summed E-state index contributed by atoms with van der Waals surface area (Å²) in [5.41, 5.74) is 0.992. The van der Waals surface area contributed by atoms with E-state index in [1.165, 1.54) is 36.3 Å². The van der Waals surface area contributed by atoms with Gasteiger partial charge in [-0.1, -0.05) is 18.2 Å². The van der Waals surface area contributed by atoms with E-state index in [1.54, 1.807) is 48.5 Å². The minimum atomic E-state index is -0.978. The van der Waals surface area contributed by atoms with Gasteiger partial charge in [-0.25, -0.2) is 4.39 Å². The molecule has 0 saturated carbocycles. The molecule has 1 aliphatic rings. The van der Waals surface area contributed by atoms with Gasteiger partial charge in [-0.15, -0.1) is 0 Å². The second-order valence-corrected chi connectivity index (χ2v) is 7.38. The van der Waals surface area contributed by atoms with E-state index in [2.05, 4.69) is 0 Å². The van der Waals surface area contributed by atoms with Crippen molar-refractivity contribution in [2.24, 2.45) is 0 Å². The summed E-state index contributed by atoms with van der Waals surface area (Å²) in [6.07, 6.45) is 0. The Hall–Kier alpha value is -4.13. The van der Waals surface area contributed by atoms with Gasteiger partial charge in [-0.3, -0.25) is 14.5 Å². The Bertz CT molecular complexity index is 1240. The molecule has 1 heterocycles. The van der Waals surface area contributed by atoms with Crippen molar-refractivity contribution in [1.29, 1.82) is 0 Å². The van der Waals surface area contributed by atoms with Crippen molar-refractivity contribution in [3.05, 3.63) is 95.3 Å². The molecule has 1 unspecified atom stereocenters. The van der Waals surface area contributed by atoms with E-state index >= 15 is 0 Å². The van der Waals surface area contributed by atoms with Gasteiger partial charge in [-0.05, 0) is 67.1 Å². The number of aliphatic hydroxyl groups excluding tert-OH is 1. The largest absolute Gasteiger partial charge is 0.507 e. The Morgan fingerprint density at radius 1 is 1.00 bits per heavy atom. The lowest BCUT2D eigenvalue weighted by molar-refractivity contribution is -0.132. The summed E-state index contributed by atoms with van der Waals surface area (Å²) in [6.45, 7) is 2.34. The summed E-state index contributed by atoms with van der Waals surface area (Å²) < 4.78 is 24.7. The highest BCUT2D eigenvalue weighted by Crippen LogP contribution is 2.43. The molecule has 1 saturated heterocycles. The number of ketones is 1. The smallest absolute Gasteiger partial charge is 0.300 e. The molecule has 0 aliphatic carbocycles. The van der Waals surface area contributed by atoms with E-state index in [1.807, 2.05) is 6.92 Å². The monoisotopic (exact) mass is 447 g/mol. The number of ether oxygens (including phenoxy) is 2. The zero-order valence-electron chi connectivity index (χ0n) is 18.1. The van der Waals surface area contributed by atoms with Crippen molar-refractivity contribution < 1.29 is 28.6 Å². The summed E-state index contributed by atoms with van der Waals surface area (Å²) in [5.74, 6) is -1.48. The summed E-state index contributed by atoms with van der Waals surface area (Å²) >= 11 is 0. The normalized spacial score (nSPS) is 17.3. The molecule has 0 bridgehead atoms. The summed E-state index contributed by atoms with van der Waals surface area (Å²) in [4.78, 5) is 27.4. The molecule has 33 heavy (non-hydrogen) atoms. The predicted molar refractivity (Wildman–Crippen MR) is 122 cm³/mol. The van der Waals surface area contributed by atoms with Crippen LogP contribution in [0.25, 0.3) is 5.76 Å². The van der Waals surface area contributed by atoms with Gasteiger partial charge < -0.3 is 14.6 Å². The van der Waals surface area contributed by atoms with Crippen LogP contribution in [0.4, 0.5) is 10.1 Å². The first-order chi connectivity index (χ1) is 15.9. The number of aliphatic hydroxyl groups is 1. The van der Waals surface area contributed by atoms with E-state index in [0.717, 1.165) is 0 Å². The van der Waals surface area contributed by atoms with Gasteiger partial charge in [0.1, 0.15) is 23.1 Å². The minimum Gasteiger partial charge on any atom is -0.507 e.